The molecule has 0 fully saturated rings. The molecule has 0 bridgehead atoms. The van der Waals surface area contributed by atoms with E-state index in [-0.39, 0.29) is 23.4 Å². The van der Waals surface area contributed by atoms with Crippen LogP contribution in [0.1, 0.15) is 20.7 Å². The first-order valence-electron chi connectivity index (χ1n) is 4.50. The average Bonchev–Trinajstić information content (AvgIpc) is 2.51. The van der Waals surface area contributed by atoms with Crippen LogP contribution >= 0.6 is 0 Å². The molecule has 0 aromatic heterocycles. The maximum atomic E-state index is 11.7. The van der Waals surface area contributed by atoms with Crippen molar-refractivity contribution in [2.75, 3.05) is 6.54 Å². The molecular formula is C10H7N2O4. The quantitative estimate of drug-likeness (QED) is 0.422. The van der Waals surface area contributed by atoms with Crippen LogP contribution in [0.4, 0.5) is 5.69 Å². The molecule has 0 aliphatic carbocycles. The number of non-ortho nitro benzene ring substituents is 1. The second kappa shape index (κ2) is 3.41. The molecule has 1 aliphatic rings. The normalized spacial score (nSPS) is 14.2. The Hall–Kier alpha value is -2.24. The Bertz CT molecular complexity index is 510. The number of fused-ring (bicyclic) bond motifs is 1. The molecule has 0 atom stereocenters. The summed E-state index contributed by atoms with van der Waals surface area (Å²) in [5, 5.41) is 10.5. The summed E-state index contributed by atoms with van der Waals surface area (Å²) in [4.78, 5) is 34.1. The molecule has 81 valence electrons. The lowest BCUT2D eigenvalue weighted by molar-refractivity contribution is -0.384. The number of benzene rings is 1. The number of nitrogens with zero attached hydrogens (tertiary/aromatic N) is 2. The number of hydrogen-bond donors (Lipinski definition) is 0. The molecule has 0 spiro atoms. The van der Waals surface area contributed by atoms with Gasteiger partial charge in [0.1, 0.15) is 0 Å². The fourth-order valence-electron chi connectivity index (χ4n) is 1.60. The van der Waals surface area contributed by atoms with Gasteiger partial charge in [-0.1, -0.05) is 0 Å². The zero-order valence-corrected chi connectivity index (χ0v) is 8.17. The first kappa shape index (κ1) is 10.3. The molecule has 0 unspecified atom stereocenters. The second-order valence-corrected chi connectivity index (χ2v) is 3.25. The molecule has 1 heterocycles. The molecule has 1 aromatic rings. The minimum absolute atomic E-state index is 0.0140. The summed E-state index contributed by atoms with van der Waals surface area (Å²) in [6, 6.07) is 3.62. The first-order valence-corrected chi connectivity index (χ1v) is 4.50. The van der Waals surface area contributed by atoms with Gasteiger partial charge in [0.05, 0.1) is 16.1 Å². The van der Waals surface area contributed by atoms with Crippen LogP contribution in [0.15, 0.2) is 18.2 Å². The number of nitro benzene ring substituents is 1. The highest BCUT2D eigenvalue weighted by Crippen LogP contribution is 2.26. The van der Waals surface area contributed by atoms with Gasteiger partial charge in [0.25, 0.3) is 17.5 Å². The van der Waals surface area contributed by atoms with E-state index in [9.17, 15) is 19.7 Å². The summed E-state index contributed by atoms with van der Waals surface area (Å²) in [5.41, 5.74) is 0.0629. The zero-order chi connectivity index (χ0) is 11.9. The lowest BCUT2D eigenvalue weighted by Gasteiger charge is -2.08. The highest BCUT2D eigenvalue weighted by atomic mass is 16.6. The van der Waals surface area contributed by atoms with Crippen molar-refractivity contribution in [1.29, 1.82) is 0 Å². The van der Waals surface area contributed by atoms with Crippen LogP contribution in [0, 0.1) is 17.0 Å². The highest BCUT2D eigenvalue weighted by Gasteiger charge is 2.35. The monoisotopic (exact) mass is 219 g/mol. The predicted octanol–water partition coefficient (Wildman–Crippen LogP) is 1.02. The smallest absolute Gasteiger partial charge is 0.270 e. The third kappa shape index (κ3) is 1.27. The fourth-order valence-corrected chi connectivity index (χ4v) is 1.60. The third-order valence-corrected chi connectivity index (χ3v) is 2.39. The number of imide groups is 1. The lowest BCUT2D eigenvalue weighted by atomic mass is 10.1. The molecular weight excluding hydrogens is 212 g/mol. The Morgan fingerprint density at radius 3 is 2.44 bits per heavy atom. The van der Waals surface area contributed by atoms with Gasteiger partial charge < -0.3 is 0 Å². The van der Waals surface area contributed by atoms with E-state index in [4.69, 9.17) is 0 Å². The van der Waals surface area contributed by atoms with E-state index >= 15 is 0 Å². The summed E-state index contributed by atoms with van der Waals surface area (Å²) in [6.45, 7) is 3.47. The van der Waals surface area contributed by atoms with Crippen molar-refractivity contribution in [3.05, 3.63) is 46.4 Å². The van der Waals surface area contributed by atoms with Crippen LogP contribution in [-0.4, -0.2) is 28.2 Å². The number of amides is 2. The van der Waals surface area contributed by atoms with Gasteiger partial charge in [0.15, 0.2) is 0 Å². The zero-order valence-electron chi connectivity index (χ0n) is 8.17. The van der Waals surface area contributed by atoms with E-state index in [1.807, 2.05) is 0 Å². The Labute approximate surface area is 90.6 Å². The van der Waals surface area contributed by atoms with Crippen molar-refractivity contribution >= 4 is 17.5 Å². The molecule has 1 aliphatic heterocycles. The minimum atomic E-state index is -0.606. The first-order chi connectivity index (χ1) is 7.56. The van der Waals surface area contributed by atoms with Gasteiger partial charge in [0, 0.05) is 18.7 Å². The number of hydrogen-bond acceptors (Lipinski definition) is 4. The van der Waals surface area contributed by atoms with Crippen LogP contribution in [-0.2, 0) is 0 Å². The summed E-state index contributed by atoms with van der Waals surface area (Å²) in [7, 11) is 0. The molecule has 0 N–H and O–H groups in total. The largest absolute Gasteiger partial charge is 0.274 e. The van der Waals surface area contributed by atoms with Crippen LogP contribution in [0.5, 0.6) is 0 Å². The predicted molar refractivity (Wildman–Crippen MR) is 53.8 cm³/mol. The van der Waals surface area contributed by atoms with Crippen LogP contribution < -0.4 is 0 Å². The summed E-state index contributed by atoms with van der Waals surface area (Å²) in [6.07, 6.45) is 0. The molecule has 0 saturated carbocycles. The summed E-state index contributed by atoms with van der Waals surface area (Å²) >= 11 is 0. The second-order valence-electron chi connectivity index (χ2n) is 3.25. The van der Waals surface area contributed by atoms with Gasteiger partial charge in [-0.3, -0.25) is 24.6 Å². The molecule has 2 amide bonds. The Morgan fingerprint density at radius 1 is 1.25 bits per heavy atom. The minimum Gasteiger partial charge on any atom is -0.274 e. The Morgan fingerprint density at radius 2 is 1.88 bits per heavy atom. The topological polar surface area (TPSA) is 80.5 Å². The van der Waals surface area contributed by atoms with Crippen molar-refractivity contribution in [2.24, 2.45) is 0 Å². The molecule has 1 aromatic carbocycles. The standard InChI is InChI=1S/C10H7N2O4/c1-2-11-9(13)7-4-3-6(12(15)16)5-8(7)10(11)14/h3-5H,1-2H2. The van der Waals surface area contributed by atoms with Crippen LogP contribution in [0.25, 0.3) is 0 Å². The van der Waals surface area contributed by atoms with E-state index < -0.39 is 16.7 Å². The average molecular weight is 219 g/mol. The number of carbonyl (C=O) groups is 2. The molecule has 2 rings (SSSR count). The number of nitro groups is 1. The maximum absolute atomic E-state index is 11.7. The van der Waals surface area contributed by atoms with Gasteiger partial charge in [-0.15, -0.1) is 0 Å². The third-order valence-electron chi connectivity index (χ3n) is 2.39. The molecule has 0 saturated heterocycles. The van der Waals surface area contributed by atoms with Crippen molar-refractivity contribution in [3.8, 4) is 0 Å². The summed E-state index contributed by atoms with van der Waals surface area (Å²) in [5.74, 6) is -0.983. The van der Waals surface area contributed by atoms with Crippen molar-refractivity contribution < 1.29 is 14.5 Å². The van der Waals surface area contributed by atoms with Crippen molar-refractivity contribution in [1.82, 2.24) is 4.90 Å². The van der Waals surface area contributed by atoms with Gasteiger partial charge in [-0.2, -0.15) is 0 Å². The van der Waals surface area contributed by atoms with E-state index in [0.717, 1.165) is 11.0 Å². The lowest BCUT2D eigenvalue weighted by Crippen LogP contribution is -2.29. The van der Waals surface area contributed by atoms with Gasteiger partial charge in [0.2, 0.25) is 0 Å². The molecule has 6 heteroatoms. The van der Waals surface area contributed by atoms with Crippen molar-refractivity contribution in [2.45, 2.75) is 0 Å². The Kier molecular flexibility index (Phi) is 2.19. The van der Waals surface area contributed by atoms with E-state index in [1.54, 1.807) is 0 Å². The molecule has 16 heavy (non-hydrogen) atoms. The van der Waals surface area contributed by atoms with Gasteiger partial charge in [-0.25, -0.2) is 0 Å². The van der Waals surface area contributed by atoms with E-state index in [0.29, 0.717) is 0 Å². The highest BCUT2D eigenvalue weighted by molar-refractivity contribution is 6.21. The van der Waals surface area contributed by atoms with Crippen molar-refractivity contribution in [3.63, 3.8) is 0 Å². The van der Waals surface area contributed by atoms with Crippen LogP contribution in [0.3, 0.4) is 0 Å². The van der Waals surface area contributed by atoms with E-state index in [2.05, 4.69) is 6.92 Å². The van der Waals surface area contributed by atoms with Gasteiger partial charge >= 0.3 is 0 Å². The van der Waals surface area contributed by atoms with Crippen LogP contribution in [0.2, 0.25) is 0 Å². The Balaban J connectivity index is 2.56. The fraction of sp³-hybridized carbons (Fsp3) is 0.100. The maximum Gasteiger partial charge on any atom is 0.270 e. The number of carbonyl (C=O) groups excluding carboxylic acids is 2. The SMILES string of the molecule is [CH2]CN1C(=O)c2ccc([N+](=O)[O-])cc2C1=O. The number of rotatable bonds is 2. The molecule has 1 radical (unpaired) electrons. The van der Waals surface area contributed by atoms with E-state index in [1.165, 1.54) is 12.1 Å². The molecule has 6 nitrogen and oxygen atoms in total. The van der Waals surface area contributed by atoms with Gasteiger partial charge in [-0.05, 0) is 13.0 Å². The summed E-state index contributed by atoms with van der Waals surface area (Å²) < 4.78 is 0.